The third kappa shape index (κ3) is 2.43. The molecular weight excluding hydrogens is 324 g/mol. The quantitative estimate of drug-likeness (QED) is 0.632. The molecule has 1 heterocycles. The molecule has 1 aliphatic heterocycles. The Hall–Kier alpha value is -2.96. The average molecular weight is 340 g/mol. The van der Waals surface area contributed by atoms with E-state index < -0.39 is 11.9 Å². The Bertz CT molecular complexity index is 783. The fourth-order valence-electron chi connectivity index (χ4n) is 4.16. The summed E-state index contributed by atoms with van der Waals surface area (Å²) in [6.45, 7) is -0.315. The first kappa shape index (κ1) is 15.6. The van der Waals surface area contributed by atoms with Crippen molar-refractivity contribution >= 4 is 29.4 Å². The number of hydrogen-bond donors (Lipinski definition) is 2. The van der Waals surface area contributed by atoms with E-state index in [1.165, 1.54) is 24.3 Å². The van der Waals surface area contributed by atoms with Gasteiger partial charge in [0.25, 0.3) is 0 Å². The Morgan fingerprint density at radius 3 is 2.12 bits per heavy atom. The fraction of sp³-hybridized carbons (Fsp3) is 0.333. The molecule has 0 unspecified atom stereocenters. The van der Waals surface area contributed by atoms with Gasteiger partial charge < -0.3 is 10.4 Å². The van der Waals surface area contributed by atoms with Crippen molar-refractivity contribution < 1.29 is 24.3 Å². The second kappa shape index (κ2) is 5.54. The Balaban J connectivity index is 1.42. The molecule has 2 aliphatic carbocycles. The van der Waals surface area contributed by atoms with Gasteiger partial charge in [0.15, 0.2) is 0 Å². The first-order chi connectivity index (χ1) is 12.0. The Morgan fingerprint density at radius 1 is 1.04 bits per heavy atom. The molecule has 2 bridgehead atoms. The van der Waals surface area contributed by atoms with Crippen molar-refractivity contribution in [3.63, 3.8) is 0 Å². The minimum atomic E-state index is -1.05. The number of likely N-dealkylation sites (tertiary alicyclic amines) is 1. The number of carbonyl (C=O) groups excluding carboxylic acids is 3. The summed E-state index contributed by atoms with van der Waals surface area (Å²) in [7, 11) is 0. The lowest BCUT2D eigenvalue weighted by Crippen LogP contribution is -2.39. The molecule has 128 valence electrons. The van der Waals surface area contributed by atoms with Crippen LogP contribution in [0.4, 0.5) is 5.69 Å². The Labute approximate surface area is 143 Å². The SMILES string of the molecule is O=C(CN1C(=O)[C@@H]2[C@H](C1=O)[C@H]1C=C[C@H]2C1)Nc1ccc(C(=O)O)cc1. The van der Waals surface area contributed by atoms with Crippen LogP contribution in [0.5, 0.6) is 0 Å². The molecule has 7 heteroatoms. The van der Waals surface area contributed by atoms with Crippen LogP contribution in [-0.4, -0.2) is 40.2 Å². The van der Waals surface area contributed by atoms with E-state index in [1.807, 2.05) is 12.2 Å². The van der Waals surface area contributed by atoms with Crippen molar-refractivity contribution in [1.29, 1.82) is 0 Å². The molecule has 1 aromatic rings. The van der Waals surface area contributed by atoms with Crippen molar-refractivity contribution in [3.8, 4) is 0 Å². The first-order valence-corrected chi connectivity index (χ1v) is 8.12. The molecule has 4 atom stereocenters. The summed E-state index contributed by atoms with van der Waals surface area (Å²) < 4.78 is 0. The van der Waals surface area contributed by atoms with Gasteiger partial charge in [-0.25, -0.2) is 4.79 Å². The number of imide groups is 1. The van der Waals surface area contributed by atoms with E-state index in [0.717, 1.165) is 11.3 Å². The summed E-state index contributed by atoms with van der Waals surface area (Å²) in [5.41, 5.74) is 0.523. The van der Waals surface area contributed by atoms with Crippen molar-refractivity contribution in [3.05, 3.63) is 42.0 Å². The van der Waals surface area contributed by atoms with Gasteiger partial charge in [0.2, 0.25) is 17.7 Å². The summed E-state index contributed by atoms with van der Waals surface area (Å²) in [5, 5.41) is 11.4. The standard InChI is InChI=1S/C18H16N2O5/c21-13(19-12-5-3-9(4-6-12)18(24)25)8-20-16(22)14-10-1-2-11(7-10)15(14)17(20)23/h1-6,10-11,14-15H,7-8H2,(H,19,21)(H,24,25)/t10-,11-,14-,15+/m0/s1. The second-order valence-electron chi connectivity index (χ2n) is 6.69. The average Bonchev–Trinajstić information content (AvgIpc) is 3.25. The third-order valence-electron chi connectivity index (χ3n) is 5.28. The van der Waals surface area contributed by atoms with Crippen LogP contribution in [0, 0.1) is 23.7 Å². The predicted molar refractivity (Wildman–Crippen MR) is 86.5 cm³/mol. The van der Waals surface area contributed by atoms with Crippen LogP contribution in [-0.2, 0) is 14.4 Å². The summed E-state index contributed by atoms with van der Waals surface area (Å²) in [6, 6.07) is 5.68. The number of rotatable bonds is 4. The zero-order valence-corrected chi connectivity index (χ0v) is 13.2. The van der Waals surface area contributed by atoms with E-state index in [-0.39, 0.29) is 47.6 Å². The van der Waals surface area contributed by atoms with E-state index in [2.05, 4.69) is 5.32 Å². The van der Waals surface area contributed by atoms with Crippen molar-refractivity contribution in [2.75, 3.05) is 11.9 Å². The van der Waals surface area contributed by atoms with Gasteiger partial charge in [-0.2, -0.15) is 0 Å². The van der Waals surface area contributed by atoms with Gasteiger partial charge in [-0.1, -0.05) is 12.2 Å². The topological polar surface area (TPSA) is 104 Å². The number of nitrogens with one attached hydrogen (secondary N) is 1. The number of carboxylic acids is 1. The highest BCUT2D eigenvalue weighted by molar-refractivity contribution is 6.09. The number of hydrogen-bond acceptors (Lipinski definition) is 4. The molecule has 1 aromatic carbocycles. The maximum atomic E-state index is 12.5. The van der Waals surface area contributed by atoms with Gasteiger partial charge in [-0.15, -0.1) is 0 Å². The largest absolute Gasteiger partial charge is 0.478 e. The first-order valence-electron chi connectivity index (χ1n) is 8.12. The van der Waals surface area contributed by atoms with Crippen molar-refractivity contribution in [1.82, 2.24) is 4.90 Å². The van der Waals surface area contributed by atoms with Crippen LogP contribution in [0.15, 0.2) is 36.4 Å². The molecule has 2 fully saturated rings. The molecule has 0 radical (unpaired) electrons. The lowest BCUT2D eigenvalue weighted by atomic mass is 9.85. The number of fused-ring (bicyclic) bond motifs is 5. The molecule has 25 heavy (non-hydrogen) atoms. The zero-order chi connectivity index (χ0) is 17.7. The molecular formula is C18H16N2O5. The minimum Gasteiger partial charge on any atom is -0.478 e. The van der Waals surface area contributed by atoms with Crippen LogP contribution in [0.1, 0.15) is 16.8 Å². The van der Waals surface area contributed by atoms with E-state index in [9.17, 15) is 19.2 Å². The van der Waals surface area contributed by atoms with Gasteiger partial charge >= 0.3 is 5.97 Å². The van der Waals surface area contributed by atoms with Gasteiger partial charge in [0.1, 0.15) is 6.54 Å². The molecule has 7 nitrogen and oxygen atoms in total. The van der Waals surface area contributed by atoms with E-state index in [4.69, 9.17) is 5.11 Å². The number of benzene rings is 1. The van der Waals surface area contributed by atoms with Crippen LogP contribution >= 0.6 is 0 Å². The second-order valence-corrected chi connectivity index (χ2v) is 6.69. The highest BCUT2D eigenvalue weighted by Gasteiger charge is 2.59. The van der Waals surface area contributed by atoms with Gasteiger partial charge in [0, 0.05) is 5.69 Å². The Morgan fingerprint density at radius 2 is 1.60 bits per heavy atom. The van der Waals surface area contributed by atoms with E-state index >= 15 is 0 Å². The Kier molecular flexibility index (Phi) is 3.45. The lowest BCUT2D eigenvalue weighted by molar-refractivity contribution is -0.143. The number of allylic oxidation sites excluding steroid dienone is 2. The zero-order valence-electron chi connectivity index (χ0n) is 13.2. The number of carbonyl (C=O) groups is 4. The maximum absolute atomic E-state index is 12.5. The normalized spacial score (nSPS) is 29.2. The maximum Gasteiger partial charge on any atom is 0.335 e. The van der Waals surface area contributed by atoms with Crippen molar-refractivity contribution in [2.45, 2.75) is 6.42 Å². The van der Waals surface area contributed by atoms with Crippen LogP contribution < -0.4 is 5.32 Å². The number of nitrogens with zero attached hydrogens (tertiary/aromatic N) is 1. The molecule has 3 aliphatic rings. The fourth-order valence-corrected chi connectivity index (χ4v) is 4.16. The van der Waals surface area contributed by atoms with Gasteiger partial charge in [-0.3, -0.25) is 19.3 Å². The molecule has 1 saturated carbocycles. The highest BCUT2D eigenvalue weighted by Crippen LogP contribution is 2.52. The number of amides is 3. The number of carboxylic acid groups (broad SMARTS) is 1. The molecule has 4 rings (SSSR count). The molecule has 0 spiro atoms. The van der Waals surface area contributed by atoms with Gasteiger partial charge in [0.05, 0.1) is 17.4 Å². The summed E-state index contributed by atoms with van der Waals surface area (Å²) in [5.74, 6) is -2.46. The highest BCUT2D eigenvalue weighted by atomic mass is 16.4. The lowest BCUT2D eigenvalue weighted by Gasteiger charge is -2.16. The third-order valence-corrected chi connectivity index (χ3v) is 5.28. The molecule has 0 aromatic heterocycles. The number of anilines is 1. The van der Waals surface area contributed by atoms with Gasteiger partial charge in [-0.05, 0) is 42.5 Å². The summed E-state index contributed by atoms with van der Waals surface area (Å²) >= 11 is 0. The van der Waals surface area contributed by atoms with E-state index in [0.29, 0.717) is 5.69 Å². The molecule has 2 N–H and O–H groups in total. The summed E-state index contributed by atoms with van der Waals surface area (Å²) in [4.78, 5) is 49.1. The monoisotopic (exact) mass is 340 g/mol. The minimum absolute atomic E-state index is 0.110. The van der Waals surface area contributed by atoms with Crippen LogP contribution in [0.3, 0.4) is 0 Å². The van der Waals surface area contributed by atoms with Crippen LogP contribution in [0.25, 0.3) is 0 Å². The van der Waals surface area contributed by atoms with Crippen molar-refractivity contribution in [2.24, 2.45) is 23.7 Å². The molecule has 3 amide bonds. The summed E-state index contributed by atoms with van der Waals surface area (Å²) in [6.07, 6.45) is 4.86. The van der Waals surface area contributed by atoms with Crippen LogP contribution in [0.2, 0.25) is 0 Å². The van der Waals surface area contributed by atoms with E-state index in [1.54, 1.807) is 0 Å². The molecule has 1 saturated heterocycles. The predicted octanol–water partition coefficient (Wildman–Crippen LogP) is 1.13. The number of aromatic carboxylic acids is 1. The smallest absolute Gasteiger partial charge is 0.335 e.